The van der Waals surface area contributed by atoms with Gasteiger partial charge in [-0.3, -0.25) is 19.4 Å². The third-order valence-corrected chi connectivity index (χ3v) is 5.43. The van der Waals surface area contributed by atoms with E-state index < -0.39 is 0 Å². The number of nitrogens with zero attached hydrogens (tertiary/aromatic N) is 5. The van der Waals surface area contributed by atoms with Crippen LogP contribution >= 0.6 is 11.3 Å². The standard InChI is InChI=1S/C20H19N5OS/c1-13-7-8-16-18(10-13)27-20(22-16)25(12-15-6-4-5-9-21-15)19(26)17-11-14(2)24(3)23-17/h4-11H,12H2,1-3H3. The second-order valence-corrected chi connectivity index (χ2v) is 7.48. The predicted octanol–water partition coefficient (Wildman–Crippen LogP) is 3.89. The molecule has 0 unspecified atom stereocenters. The number of hydrogen-bond donors (Lipinski definition) is 0. The molecule has 1 aromatic carbocycles. The molecule has 0 saturated heterocycles. The Hall–Kier alpha value is -3.06. The van der Waals surface area contributed by atoms with Crippen molar-refractivity contribution in [3.8, 4) is 0 Å². The highest BCUT2D eigenvalue weighted by Gasteiger charge is 2.24. The summed E-state index contributed by atoms with van der Waals surface area (Å²) >= 11 is 1.50. The summed E-state index contributed by atoms with van der Waals surface area (Å²) in [4.78, 5) is 24.0. The van der Waals surface area contributed by atoms with Crippen LogP contribution in [-0.4, -0.2) is 25.7 Å². The van der Waals surface area contributed by atoms with Gasteiger partial charge in [-0.15, -0.1) is 0 Å². The molecular formula is C20H19N5OS. The fraction of sp³-hybridized carbons (Fsp3) is 0.200. The third-order valence-electron chi connectivity index (χ3n) is 4.39. The Morgan fingerprint density at radius 1 is 1.19 bits per heavy atom. The third kappa shape index (κ3) is 3.46. The molecule has 27 heavy (non-hydrogen) atoms. The molecule has 0 atom stereocenters. The van der Waals surface area contributed by atoms with Crippen molar-refractivity contribution >= 4 is 32.6 Å². The predicted molar refractivity (Wildman–Crippen MR) is 107 cm³/mol. The number of fused-ring (bicyclic) bond motifs is 1. The Balaban J connectivity index is 1.77. The molecule has 4 aromatic rings. The molecular weight excluding hydrogens is 358 g/mol. The van der Waals surface area contributed by atoms with E-state index in [9.17, 15) is 4.79 Å². The first-order valence-corrected chi connectivity index (χ1v) is 9.42. The number of aryl methyl sites for hydroxylation is 3. The lowest BCUT2D eigenvalue weighted by Crippen LogP contribution is -2.31. The minimum atomic E-state index is -0.180. The van der Waals surface area contributed by atoms with E-state index in [1.54, 1.807) is 21.8 Å². The van der Waals surface area contributed by atoms with Crippen molar-refractivity contribution in [1.29, 1.82) is 0 Å². The number of benzene rings is 1. The van der Waals surface area contributed by atoms with Gasteiger partial charge in [0.1, 0.15) is 0 Å². The van der Waals surface area contributed by atoms with Crippen LogP contribution in [0.25, 0.3) is 10.2 Å². The lowest BCUT2D eigenvalue weighted by atomic mass is 10.2. The van der Waals surface area contributed by atoms with Gasteiger partial charge in [0.05, 0.1) is 22.5 Å². The van der Waals surface area contributed by atoms with Crippen LogP contribution in [0.4, 0.5) is 5.13 Å². The molecule has 3 aromatic heterocycles. The van der Waals surface area contributed by atoms with Gasteiger partial charge in [-0.1, -0.05) is 23.5 Å². The highest BCUT2D eigenvalue weighted by Crippen LogP contribution is 2.31. The van der Waals surface area contributed by atoms with E-state index in [2.05, 4.69) is 21.1 Å². The van der Waals surface area contributed by atoms with E-state index in [-0.39, 0.29) is 5.91 Å². The zero-order chi connectivity index (χ0) is 19.0. The fourth-order valence-electron chi connectivity index (χ4n) is 2.82. The van der Waals surface area contributed by atoms with Crippen LogP contribution in [-0.2, 0) is 13.6 Å². The highest BCUT2D eigenvalue weighted by molar-refractivity contribution is 7.22. The monoisotopic (exact) mass is 377 g/mol. The van der Waals surface area contributed by atoms with Gasteiger partial charge >= 0.3 is 0 Å². The van der Waals surface area contributed by atoms with Crippen LogP contribution < -0.4 is 4.90 Å². The molecule has 4 rings (SSSR count). The van der Waals surface area contributed by atoms with Gasteiger partial charge in [0.2, 0.25) is 0 Å². The molecule has 0 spiro atoms. The van der Waals surface area contributed by atoms with Crippen molar-refractivity contribution in [2.24, 2.45) is 7.05 Å². The van der Waals surface area contributed by atoms with E-state index >= 15 is 0 Å². The molecule has 0 aliphatic rings. The summed E-state index contributed by atoms with van der Waals surface area (Å²) in [6, 6.07) is 13.6. The van der Waals surface area contributed by atoms with Crippen LogP contribution in [0, 0.1) is 13.8 Å². The van der Waals surface area contributed by atoms with Gasteiger partial charge in [0.15, 0.2) is 10.8 Å². The normalized spacial score (nSPS) is 11.1. The molecule has 136 valence electrons. The molecule has 0 saturated carbocycles. The summed E-state index contributed by atoms with van der Waals surface area (Å²) < 4.78 is 2.76. The van der Waals surface area contributed by atoms with Crippen molar-refractivity contribution in [3.05, 3.63) is 71.3 Å². The van der Waals surface area contributed by atoms with Crippen molar-refractivity contribution < 1.29 is 4.79 Å². The van der Waals surface area contributed by atoms with E-state index in [0.717, 1.165) is 21.6 Å². The number of carbonyl (C=O) groups is 1. The molecule has 7 heteroatoms. The maximum atomic E-state index is 13.2. The Morgan fingerprint density at radius 2 is 2.04 bits per heavy atom. The van der Waals surface area contributed by atoms with Crippen molar-refractivity contribution in [2.75, 3.05) is 4.90 Å². The summed E-state index contributed by atoms with van der Waals surface area (Å²) in [5, 5.41) is 5.00. The van der Waals surface area contributed by atoms with Crippen molar-refractivity contribution in [3.63, 3.8) is 0 Å². The largest absolute Gasteiger partial charge is 0.280 e. The summed E-state index contributed by atoms with van der Waals surface area (Å²) in [6.45, 7) is 4.31. The molecule has 0 aliphatic heterocycles. The van der Waals surface area contributed by atoms with Crippen molar-refractivity contribution in [1.82, 2.24) is 19.7 Å². The smallest absolute Gasteiger partial charge is 0.276 e. The fourth-order valence-corrected chi connectivity index (χ4v) is 3.88. The molecule has 0 bridgehead atoms. The summed E-state index contributed by atoms with van der Waals surface area (Å²) in [5.41, 5.74) is 4.18. The maximum absolute atomic E-state index is 13.2. The number of pyridine rings is 1. The van der Waals surface area contributed by atoms with Crippen molar-refractivity contribution in [2.45, 2.75) is 20.4 Å². The number of aromatic nitrogens is 4. The minimum Gasteiger partial charge on any atom is -0.276 e. The Bertz CT molecular complexity index is 1100. The number of hydrogen-bond acceptors (Lipinski definition) is 5. The molecule has 0 fully saturated rings. The second-order valence-electron chi connectivity index (χ2n) is 6.47. The minimum absolute atomic E-state index is 0.180. The van der Waals surface area contributed by atoms with Gasteiger partial charge in [0.25, 0.3) is 5.91 Å². The molecule has 0 aliphatic carbocycles. The molecule has 0 N–H and O–H groups in total. The molecule has 3 heterocycles. The number of anilines is 1. The van der Waals surface area contributed by atoms with Gasteiger partial charge in [-0.05, 0) is 49.7 Å². The first kappa shape index (κ1) is 17.4. The Kier molecular flexibility index (Phi) is 4.45. The number of carbonyl (C=O) groups excluding carboxylic acids is 1. The molecule has 6 nitrogen and oxygen atoms in total. The van der Waals surface area contributed by atoms with E-state index in [1.807, 2.05) is 51.2 Å². The average Bonchev–Trinajstić information content (AvgIpc) is 3.23. The first-order chi connectivity index (χ1) is 13.0. The van der Waals surface area contributed by atoms with Gasteiger partial charge < -0.3 is 0 Å². The lowest BCUT2D eigenvalue weighted by Gasteiger charge is -2.18. The van der Waals surface area contributed by atoms with Crippen LogP contribution in [0.2, 0.25) is 0 Å². The number of rotatable bonds is 4. The number of amides is 1. The number of thiazole rings is 1. The molecule has 0 radical (unpaired) electrons. The van der Waals surface area contributed by atoms with Gasteiger partial charge in [-0.25, -0.2) is 4.98 Å². The summed E-state index contributed by atoms with van der Waals surface area (Å²) in [7, 11) is 1.83. The highest BCUT2D eigenvalue weighted by atomic mass is 32.1. The van der Waals surface area contributed by atoms with Crippen LogP contribution in [0.3, 0.4) is 0 Å². The molecule has 1 amide bonds. The van der Waals surface area contributed by atoms with E-state index in [4.69, 9.17) is 0 Å². The Labute approximate surface area is 161 Å². The van der Waals surface area contributed by atoms with Crippen LogP contribution in [0.1, 0.15) is 27.4 Å². The topological polar surface area (TPSA) is 63.9 Å². The first-order valence-electron chi connectivity index (χ1n) is 8.61. The Morgan fingerprint density at radius 3 is 2.74 bits per heavy atom. The van der Waals surface area contributed by atoms with E-state index in [0.29, 0.717) is 17.4 Å². The second kappa shape index (κ2) is 6.92. The van der Waals surface area contributed by atoms with Gasteiger partial charge in [0, 0.05) is 18.9 Å². The quantitative estimate of drug-likeness (QED) is 0.541. The summed E-state index contributed by atoms with van der Waals surface area (Å²) in [5.74, 6) is -0.180. The zero-order valence-electron chi connectivity index (χ0n) is 15.4. The van der Waals surface area contributed by atoms with Gasteiger partial charge in [-0.2, -0.15) is 5.10 Å². The zero-order valence-corrected chi connectivity index (χ0v) is 16.2. The SMILES string of the molecule is Cc1ccc2nc(N(Cc3ccccn3)C(=O)c3cc(C)n(C)n3)sc2c1. The van der Waals surface area contributed by atoms with Crippen LogP contribution in [0.15, 0.2) is 48.7 Å². The van der Waals surface area contributed by atoms with E-state index in [1.165, 1.54) is 16.9 Å². The lowest BCUT2D eigenvalue weighted by molar-refractivity contribution is 0.0979. The van der Waals surface area contributed by atoms with Crippen LogP contribution in [0.5, 0.6) is 0 Å². The average molecular weight is 377 g/mol. The maximum Gasteiger partial charge on any atom is 0.280 e. The summed E-state index contributed by atoms with van der Waals surface area (Å²) in [6.07, 6.45) is 1.73.